The van der Waals surface area contributed by atoms with Crippen LogP contribution in [0.1, 0.15) is 47.5 Å². The number of rotatable bonds is 1. The number of carboxylic acid groups (broad SMARTS) is 1. The molecule has 90 valence electrons. The van der Waals surface area contributed by atoms with Crippen LogP contribution < -0.4 is 4.74 Å². The summed E-state index contributed by atoms with van der Waals surface area (Å²) in [7, 11) is 0. The summed E-state index contributed by atoms with van der Waals surface area (Å²) < 4.78 is 5.82. The molecule has 0 bridgehead atoms. The first-order valence-corrected chi connectivity index (χ1v) is 6.28. The van der Waals surface area contributed by atoms with Crippen molar-refractivity contribution in [1.82, 2.24) is 0 Å². The predicted molar refractivity (Wildman–Crippen MR) is 64.0 cm³/mol. The Balaban J connectivity index is 2.11. The average molecular weight is 253 g/mol. The van der Waals surface area contributed by atoms with Crippen molar-refractivity contribution in [2.75, 3.05) is 0 Å². The molecule has 1 aromatic carbocycles. The lowest BCUT2D eigenvalue weighted by Crippen LogP contribution is -2.22. The zero-order valence-electron chi connectivity index (χ0n) is 9.28. The van der Waals surface area contributed by atoms with Crippen LogP contribution in [0.3, 0.4) is 0 Å². The van der Waals surface area contributed by atoms with Crippen molar-refractivity contribution >= 4 is 17.6 Å². The van der Waals surface area contributed by atoms with Gasteiger partial charge in [-0.05, 0) is 31.4 Å². The van der Waals surface area contributed by atoms with Crippen molar-refractivity contribution in [2.24, 2.45) is 0 Å². The molecule has 3 rings (SSSR count). The molecule has 3 nitrogen and oxygen atoms in total. The molecule has 0 unspecified atom stereocenters. The number of hydrogen-bond donors (Lipinski definition) is 1. The lowest BCUT2D eigenvalue weighted by Gasteiger charge is -2.23. The number of aromatic carboxylic acids is 1. The second-order valence-corrected chi connectivity index (χ2v) is 5.16. The molecule has 1 aromatic rings. The molecular weight excluding hydrogens is 240 g/mol. The lowest BCUT2D eigenvalue weighted by atomic mass is 9.83. The van der Waals surface area contributed by atoms with E-state index in [2.05, 4.69) is 0 Å². The highest BCUT2D eigenvalue weighted by Gasteiger charge is 2.38. The Kier molecular flexibility index (Phi) is 2.51. The fourth-order valence-electron chi connectivity index (χ4n) is 2.93. The van der Waals surface area contributed by atoms with Gasteiger partial charge in [-0.3, -0.25) is 0 Å². The summed E-state index contributed by atoms with van der Waals surface area (Å²) in [5.74, 6) is -0.100. The molecule has 0 aromatic heterocycles. The average Bonchev–Trinajstić information content (AvgIpc) is 2.66. The Morgan fingerprint density at radius 3 is 2.88 bits per heavy atom. The number of ether oxygens (including phenoxy) is 1. The van der Waals surface area contributed by atoms with Gasteiger partial charge in [-0.2, -0.15) is 0 Å². The number of fused-ring (bicyclic) bond motifs is 3. The minimum atomic E-state index is -0.970. The first-order valence-electron chi connectivity index (χ1n) is 5.90. The number of carbonyl (C=O) groups is 1. The summed E-state index contributed by atoms with van der Waals surface area (Å²) in [6, 6.07) is 3.33. The van der Waals surface area contributed by atoms with Gasteiger partial charge in [0.05, 0.1) is 0 Å². The van der Waals surface area contributed by atoms with E-state index in [1.165, 1.54) is 12.5 Å². The summed E-state index contributed by atoms with van der Waals surface area (Å²) in [4.78, 5) is 11.2. The van der Waals surface area contributed by atoms with E-state index < -0.39 is 5.97 Å². The van der Waals surface area contributed by atoms with E-state index in [9.17, 15) is 4.79 Å². The summed E-state index contributed by atoms with van der Waals surface area (Å²) in [5, 5.41) is 9.65. The van der Waals surface area contributed by atoms with Gasteiger partial charge in [0, 0.05) is 16.5 Å². The fraction of sp³-hybridized carbons (Fsp3) is 0.462. The summed E-state index contributed by atoms with van der Waals surface area (Å²) >= 11 is 5.98. The number of carboxylic acids is 1. The molecule has 1 aliphatic carbocycles. The fourth-order valence-corrected chi connectivity index (χ4v) is 3.15. The Morgan fingerprint density at radius 1 is 1.35 bits per heavy atom. The van der Waals surface area contributed by atoms with E-state index in [0.717, 1.165) is 24.8 Å². The molecule has 17 heavy (non-hydrogen) atoms. The minimum Gasteiger partial charge on any atom is -0.489 e. The number of hydrogen-bond acceptors (Lipinski definition) is 2. The molecule has 0 radical (unpaired) electrons. The minimum absolute atomic E-state index is 0.148. The quantitative estimate of drug-likeness (QED) is 0.833. The van der Waals surface area contributed by atoms with Crippen LogP contribution in [0.4, 0.5) is 0 Å². The van der Waals surface area contributed by atoms with Gasteiger partial charge in [0.2, 0.25) is 0 Å². The van der Waals surface area contributed by atoms with Crippen LogP contribution >= 0.6 is 11.6 Å². The van der Waals surface area contributed by atoms with Crippen LogP contribution in [-0.4, -0.2) is 17.2 Å². The maximum absolute atomic E-state index is 11.2. The molecule has 2 aliphatic rings. The standard InChI is InChI=1S/C13H13ClO3/c14-7-5-9-8-3-1-2-4-11(8)17-12(9)10(6-7)13(15)16/h5-6,8,11H,1-4H2,(H,15,16)/t8-,11+/m1/s1. The van der Waals surface area contributed by atoms with E-state index >= 15 is 0 Å². The SMILES string of the molecule is O=C(O)c1cc(Cl)cc2c1O[C@H]1CCCC[C@H]21. The monoisotopic (exact) mass is 252 g/mol. The van der Waals surface area contributed by atoms with Crippen molar-refractivity contribution in [3.63, 3.8) is 0 Å². The molecule has 1 fully saturated rings. The Bertz CT molecular complexity index is 484. The molecule has 1 aliphatic heterocycles. The molecular formula is C13H13ClO3. The zero-order chi connectivity index (χ0) is 12.0. The predicted octanol–water partition coefficient (Wildman–Crippen LogP) is 3.46. The Labute approximate surface area is 104 Å². The van der Waals surface area contributed by atoms with Gasteiger partial charge in [-0.15, -0.1) is 0 Å². The first kappa shape index (κ1) is 10.9. The van der Waals surface area contributed by atoms with Gasteiger partial charge >= 0.3 is 5.97 Å². The van der Waals surface area contributed by atoms with Gasteiger partial charge in [0.15, 0.2) is 0 Å². The molecule has 1 saturated carbocycles. The highest BCUT2D eigenvalue weighted by molar-refractivity contribution is 6.31. The maximum atomic E-state index is 11.2. The van der Waals surface area contributed by atoms with E-state index in [1.54, 1.807) is 0 Å². The highest BCUT2D eigenvalue weighted by Crippen LogP contribution is 2.48. The van der Waals surface area contributed by atoms with Gasteiger partial charge in [0.25, 0.3) is 0 Å². The van der Waals surface area contributed by atoms with Crippen LogP contribution in [-0.2, 0) is 0 Å². The summed E-state index contributed by atoms with van der Waals surface area (Å²) in [6.07, 6.45) is 4.56. The molecule has 0 amide bonds. The van der Waals surface area contributed by atoms with E-state index in [0.29, 0.717) is 16.7 Å². The van der Waals surface area contributed by atoms with Gasteiger partial charge < -0.3 is 9.84 Å². The van der Waals surface area contributed by atoms with Gasteiger partial charge in [-0.25, -0.2) is 4.79 Å². The molecule has 4 heteroatoms. The number of halogens is 1. The molecule has 1 N–H and O–H groups in total. The molecule has 0 saturated heterocycles. The number of benzene rings is 1. The first-order chi connectivity index (χ1) is 8.16. The summed E-state index contributed by atoms with van der Waals surface area (Å²) in [5.41, 5.74) is 1.18. The third-order valence-electron chi connectivity index (χ3n) is 3.68. The lowest BCUT2D eigenvalue weighted by molar-refractivity contribution is 0.0689. The Morgan fingerprint density at radius 2 is 2.12 bits per heavy atom. The Hall–Kier alpha value is -1.22. The largest absolute Gasteiger partial charge is 0.489 e. The van der Waals surface area contributed by atoms with Crippen LogP contribution in [0.15, 0.2) is 12.1 Å². The topological polar surface area (TPSA) is 46.5 Å². The van der Waals surface area contributed by atoms with Crippen molar-refractivity contribution in [3.05, 3.63) is 28.3 Å². The van der Waals surface area contributed by atoms with E-state index in [4.69, 9.17) is 21.4 Å². The normalized spacial score (nSPS) is 25.9. The zero-order valence-corrected chi connectivity index (χ0v) is 10.0. The van der Waals surface area contributed by atoms with Crippen LogP contribution in [0.5, 0.6) is 5.75 Å². The van der Waals surface area contributed by atoms with E-state index in [1.807, 2.05) is 6.07 Å². The van der Waals surface area contributed by atoms with Crippen LogP contribution in [0, 0.1) is 0 Å². The van der Waals surface area contributed by atoms with Crippen LogP contribution in [0.25, 0.3) is 0 Å². The third kappa shape index (κ3) is 1.69. The second-order valence-electron chi connectivity index (χ2n) is 4.72. The summed E-state index contributed by atoms with van der Waals surface area (Å²) in [6.45, 7) is 0. The highest BCUT2D eigenvalue weighted by atomic mass is 35.5. The molecule has 0 spiro atoms. The maximum Gasteiger partial charge on any atom is 0.339 e. The van der Waals surface area contributed by atoms with Crippen LogP contribution in [0.2, 0.25) is 5.02 Å². The van der Waals surface area contributed by atoms with Gasteiger partial charge in [-0.1, -0.05) is 18.0 Å². The van der Waals surface area contributed by atoms with Gasteiger partial charge in [0.1, 0.15) is 17.4 Å². The van der Waals surface area contributed by atoms with E-state index in [-0.39, 0.29) is 11.7 Å². The second kappa shape index (κ2) is 3.91. The molecule has 2 atom stereocenters. The third-order valence-corrected chi connectivity index (χ3v) is 3.90. The smallest absolute Gasteiger partial charge is 0.339 e. The van der Waals surface area contributed by atoms with Crippen molar-refractivity contribution in [2.45, 2.75) is 37.7 Å². The van der Waals surface area contributed by atoms with Crippen molar-refractivity contribution in [1.29, 1.82) is 0 Å². The molecule has 1 heterocycles. The van der Waals surface area contributed by atoms with Crippen molar-refractivity contribution < 1.29 is 14.6 Å². The van der Waals surface area contributed by atoms with Crippen molar-refractivity contribution in [3.8, 4) is 5.75 Å².